The van der Waals surface area contributed by atoms with Gasteiger partial charge in [0, 0.05) is 11.4 Å². The SMILES string of the molecule is N#CCN(C(=O)CSC[C@H](N)C(=O)O)c1ccccc1. The number of para-hydroxylation sites is 1. The van der Waals surface area contributed by atoms with Crippen LogP contribution < -0.4 is 10.6 Å². The van der Waals surface area contributed by atoms with Crippen molar-refractivity contribution in [3.63, 3.8) is 0 Å². The lowest BCUT2D eigenvalue weighted by molar-refractivity contribution is -0.137. The number of thioether (sulfide) groups is 1. The number of hydrogen-bond acceptors (Lipinski definition) is 5. The number of anilines is 1. The summed E-state index contributed by atoms with van der Waals surface area (Å²) in [6, 6.07) is 9.80. The van der Waals surface area contributed by atoms with E-state index < -0.39 is 12.0 Å². The first kappa shape index (κ1) is 16.0. The molecule has 3 N–H and O–H groups in total. The van der Waals surface area contributed by atoms with Crippen molar-refractivity contribution in [2.24, 2.45) is 5.73 Å². The number of aliphatic carboxylic acids is 1. The predicted octanol–water partition coefficient (Wildman–Crippen LogP) is 0.688. The van der Waals surface area contributed by atoms with Crippen molar-refractivity contribution in [3.05, 3.63) is 30.3 Å². The van der Waals surface area contributed by atoms with Gasteiger partial charge in [-0.05, 0) is 12.1 Å². The number of benzene rings is 1. The van der Waals surface area contributed by atoms with Crippen LogP contribution in [0.3, 0.4) is 0 Å². The molecule has 1 rings (SSSR count). The molecular formula is C13H15N3O3S. The fourth-order valence-electron chi connectivity index (χ4n) is 1.42. The van der Waals surface area contributed by atoms with Crippen LogP contribution in [0.1, 0.15) is 0 Å². The number of carboxylic acids is 1. The van der Waals surface area contributed by atoms with Gasteiger partial charge in [0.15, 0.2) is 0 Å². The summed E-state index contributed by atoms with van der Waals surface area (Å²) in [5.74, 6) is -1.12. The van der Waals surface area contributed by atoms with Crippen LogP contribution in [0, 0.1) is 11.3 Å². The number of carbonyl (C=O) groups excluding carboxylic acids is 1. The van der Waals surface area contributed by atoms with Gasteiger partial charge in [0.1, 0.15) is 12.6 Å². The molecule has 0 saturated heterocycles. The van der Waals surface area contributed by atoms with Gasteiger partial charge < -0.3 is 10.8 Å². The second-order valence-corrected chi connectivity index (χ2v) is 4.96. The molecule has 6 nitrogen and oxygen atoms in total. The summed E-state index contributed by atoms with van der Waals surface area (Å²) in [5.41, 5.74) is 5.99. The zero-order chi connectivity index (χ0) is 15.0. The molecule has 0 unspecified atom stereocenters. The summed E-state index contributed by atoms with van der Waals surface area (Å²) in [5, 5.41) is 17.4. The van der Waals surface area contributed by atoms with E-state index in [9.17, 15) is 9.59 Å². The average Bonchev–Trinajstić information content (AvgIpc) is 2.45. The molecule has 0 aliphatic rings. The van der Waals surface area contributed by atoms with Crippen LogP contribution in [0.5, 0.6) is 0 Å². The zero-order valence-corrected chi connectivity index (χ0v) is 11.5. The Labute approximate surface area is 121 Å². The minimum absolute atomic E-state index is 0.0472. The smallest absolute Gasteiger partial charge is 0.321 e. The highest BCUT2D eigenvalue weighted by Crippen LogP contribution is 2.15. The quantitative estimate of drug-likeness (QED) is 0.716. The second kappa shape index (κ2) is 8.19. The van der Waals surface area contributed by atoms with Gasteiger partial charge >= 0.3 is 5.97 Å². The lowest BCUT2D eigenvalue weighted by atomic mass is 10.3. The Hall–Kier alpha value is -2.04. The van der Waals surface area contributed by atoms with E-state index >= 15 is 0 Å². The number of carbonyl (C=O) groups is 2. The van der Waals surface area contributed by atoms with Crippen molar-refractivity contribution in [2.75, 3.05) is 23.0 Å². The number of amides is 1. The van der Waals surface area contributed by atoms with Crippen molar-refractivity contribution in [1.82, 2.24) is 0 Å². The Morgan fingerprint density at radius 2 is 2.05 bits per heavy atom. The first-order valence-electron chi connectivity index (χ1n) is 5.84. The van der Waals surface area contributed by atoms with E-state index in [0.717, 1.165) is 11.8 Å². The largest absolute Gasteiger partial charge is 0.480 e. The van der Waals surface area contributed by atoms with Gasteiger partial charge in [0.05, 0.1) is 11.8 Å². The van der Waals surface area contributed by atoms with Crippen LogP contribution in [-0.2, 0) is 9.59 Å². The summed E-state index contributed by atoms with van der Waals surface area (Å²) in [7, 11) is 0. The van der Waals surface area contributed by atoms with Gasteiger partial charge in [0.2, 0.25) is 5.91 Å². The molecule has 20 heavy (non-hydrogen) atoms. The second-order valence-electron chi connectivity index (χ2n) is 3.93. The molecule has 1 aromatic rings. The fraction of sp³-hybridized carbons (Fsp3) is 0.308. The molecule has 0 bridgehead atoms. The molecule has 0 aliphatic carbocycles. The van der Waals surface area contributed by atoms with Crippen molar-refractivity contribution in [3.8, 4) is 6.07 Å². The van der Waals surface area contributed by atoms with Gasteiger partial charge in [-0.3, -0.25) is 14.5 Å². The fourth-order valence-corrected chi connectivity index (χ4v) is 2.27. The molecule has 106 valence electrons. The normalized spacial score (nSPS) is 11.4. The van der Waals surface area contributed by atoms with E-state index in [-0.39, 0.29) is 24.0 Å². The molecular weight excluding hydrogens is 278 g/mol. The first-order chi connectivity index (χ1) is 9.56. The average molecular weight is 293 g/mol. The third-order valence-electron chi connectivity index (χ3n) is 2.44. The van der Waals surface area contributed by atoms with Gasteiger partial charge in [-0.25, -0.2) is 0 Å². The lowest BCUT2D eigenvalue weighted by Gasteiger charge is -2.19. The van der Waals surface area contributed by atoms with Gasteiger partial charge in [-0.1, -0.05) is 18.2 Å². The van der Waals surface area contributed by atoms with Crippen molar-refractivity contribution in [1.29, 1.82) is 5.26 Å². The van der Waals surface area contributed by atoms with Crippen LogP contribution >= 0.6 is 11.8 Å². The minimum Gasteiger partial charge on any atom is -0.480 e. The number of nitrogens with two attached hydrogens (primary N) is 1. The van der Waals surface area contributed by atoms with Crippen LogP contribution in [0.15, 0.2) is 30.3 Å². The Morgan fingerprint density at radius 1 is 1.40 bits per heavy atom. The maximum absolute atomic E-state index is 12.1. The van der Waals surface area contributed by atoms with Gasteiger partial charge in [0.25, 0.3) is 0 Å². The van der Waals surface area contributed by atoms with Gasteiger partial charge in [-0.15, -0.1) is 11.8 Å². The predicted molar refractivity (Wildman–Crippen MR) is 77.3 cm³/mol. The minimum atomic E-state index is -1.10. The molecule has 0 saturated carbocycles. The molecule has 0 radical (unpaired) electrons. The molecule has 1 atom stereocenters. The third kappa shape index (κ3) is 4.91. The maximum Gasteiger partial charge on any atom is 0.321 e. The molecule has 0 aliphatic heterocycles. The first-order valence-corrected chi connectivity index (χ1v) is 7.00. The van der Waals surface area contributed by atoms with E-state index in [2.05, 4.69) is 0 Å². The number of nitriles is 1. The van der Waals surface area contributed by atoms with Crippen molar-refractivity contribution >= 4 is 29.3 Å². The molecule has 0 heterocycles. The zero-order valence-electron chi connectivity index (χ0n) is 10.7. The Bertz CT molecular complexity index is 501. The highest BCUT2D eigenvalue weighted by Gasteiger charge is 2.17. The van der Waals surface area contributed by atoms with Crippen LogP contribution in [0.4, 0.5) is 5.69 Å². The van der Waals surface area contributed by atoms with E-state index in [0.29, 0.717) is 5.69 Å². The van der Waals surface area contributed by atoms with E-state index in [4.69, 9.17) is 16.1 Å². The topological polar surface area (TPSA) is 107 Å². The van der Waals surface area contributed by atoms with Crippen LogP contribution in [0.25, 0.3) is 0 Å². The summed E-state index contributed by atoms with van der Waals surface area (Å²) in [6.07, 6.45) is 0. The number of carboxylic acid groups (broad SMARTS) is 1. The summed E-state index contributed by atoms with van der Waals surface area (Å²) < 4.78 is 0. The number of hydrogen-bond donors (Lipinski definition) is 2. The Morgan fingerprint density at radius 3 is 2.60 bits per heavy atom. The molecule has 1 amide bonds. The van der Waals surface area contributed by atoms with Crippen molar-refractivity contribution in [2.45, 2.75) is 6.04 Å². The van der Waals surface area contributed by atoms with E-state index in [1.165, 1.54) is 4.90 Å². The molecule has 0 spiro atoms. The van der Waals surface area contributed by atoms with E-state index in [1.54, 1.807) is 24.3 Å². The van der Waals surface area contributed by atoms with Crippen molar-refractivity contribution < 1.29 is 14.7 Å². The summed E-state index contributed by atoms with van der Waals surface area (Å²) in [4.78, 5) is 24.0. The Kier molecular flexibility index (Phi) is 6.56. The maximum atomic E-state index is 12.1. The number of rotatable bonds is 7. The number of nitrogens with zero attached hydrogens (tertiary/aromatic N) is 2. The molecule has 1 aromatic carbocycles. The highest BCUT2D eigenvalue weighted by atomic mass is 32.2. The standard InChI is InChI=1S/C13H15N3O3S/c14-6-7-16(10-4-2-1-3-5-10)12(17)9-20-8-11(15)13(18)19/h1-5,11H,7-9,15H2,(H,18,19)/t11-/m0/s1. The molecule has 7 heteroatoms. The van der Waals surface area contributed by atoms with Crippen LogP contribution in [-0.4, -0.2) is 41.1 Å². The highest BCUT2D eigenvalue weighted by molar-refractivity contribution is 8.00. The molecule has 0 aromatic heterocycles. The third-order valence-corrected chi connectivity index (χ3v) is 3.48. The molecule has 0 fully saturated rings. The van der Waals surface area contributed by atoms with Gasteiger partial charge in [-0.2, -0.15) is 5.26 Å². The lowest BCUT2D eigenvalue weighted by Crippen LogP contribution is -2.35. The van der Waals surface area contributed by atoms with Crippen LogP contribution in [0.2, 0.25) is 0 Å². The van der Waals surface area contributed by atoms with E-state index in [1.807, 2.05) is 12.1 Å². The summed E-state index contributed by atoms with van der Waals surface area (Å²) >= 11 is 1.14. The Balaban J connectivity index is 2.58. The monoisotopic (exact) mass is 293 g/mol. The summed E-state index contributed by atoms with van der Waals surface area (Å²) in [6.45, 7) is -0.0472.